The minimum Gasteiger partial charge on any atom is -0.464 e. The molecule has 0 aromatic carbocycles. The van der Waals surface area contributed by atoms with E-state index in [1.165, 1.54) is 11.6 Å². The van der Waals surface area contributed by atoms with Crippen LogP contribution in [0.1, 0.15) is 12.8 Å². The number of esters is 1. The number of rotatable bonds is 5. The molecular formula is C13H17N5O4. The molecule has 0 radical (unpaired) electrons. The van der Waals surface area contributed by atoms with E-state index in [9.17, 15) is 14.4 Å². The lowest BCUT2D eigenvalue weighted by Crippen LogP contribution is -2.36. The first-order chi connectivity index (χ1) is 10.5. The maximum atomic E-state index is 12.0. The molecule has 0 spiro atoms. The number of imidazole rings is 1. The average Bonchev–Trinajstić information content (AvgIpc) is 3.27. The molecule has 0 unspecified atom stereocenters. The SMILES string of the molecule is Cn1c(=O)c2[nH]c(NCCOC(=O)C3CC3)nc2n(C)c1=O. The Morgan fingerprint density at radius 3 is 2.77 bits per heavy atom. The summed E-state index contributed by atoms with van der Waals surface area (Å²) in [6, 6.07) is 0. The zero-order valence-electron chi connectivity index (χ0n) is 12.4. The lowest BCUT2D eigenvalue weighted by molar-refractivity contribution is -0.144. The number of nitrogens with one attached hydrogen (secondary N) is 2. The predicted octanol–water partition coefficient (Wildman–Crippen LogP) is -0.675. The van der Waals surface area contributed by atoms with Crippen LogP contribution in [0.5, 0.6) is 0 Å². The highest BCUT2D eigenvalue weighted by Gasteiger charge is 2.30. The number of nitrogens with zero attached hydrogens (tertiary/aromatic N) is 3. The molecular weight excluding hydrogens is 290 g/mol. The Morgan fingerprint density at radius 1 is 1.36 bits per heavy atom. The first-order valence-electron chi connectivity index (χ1n) is 7.05. The molecule has 2 aromatic heterocycles. The Kier molecular flexibility index (Phi) is 3.47. The summed E-state index contributed by atoms with van der Waals surface area (Å²) in [5.41, 5.74) is -0.333. The number of carbonyl (C=O) groups is 1. The summed E-state index contributed by atoms with van der Waals surface area (Å²) in [7, 11) is 2.96. The Bertz CT molecular complexity index is 842. The third-order valence-electron chi connectivity index (χ3n) is 3.64. The van der Waals surface area contributed by atoms with E-state index < -0.39 is 11.2 Å². The number of ether oxygens (including phenoxy) is 1. The molecule has 1 aliphatic carbocycles. The van der Waals surface area contributed by atoms with Gasteiger partial charge in [0.2, 0.25) is 5.95 Å². The second-order valence-electron chi connectivity index (χ2n) is 5.36. The first kappa shape index (κ1) is 14.4. The molecule has 2 N–H and O–H groups in total. The second-order valence-corrected chi connectivity index (χ2v) is 5.36. The van der Waals surface area contributed by atoms with Crippen molar-refractivity contribution < 1.29 is 9.53 Å². The fourth-order valence-corrected chi connectivity index (χ4v) is 2.17. The number of aromatic amines is 1. The summed E-state index contributed by atoms with van der Waals surface area (Å²) in [5, 5.41) is 2.93. The molecule has 118 valence electrons. The van der Waals surface area contributed by atoms with Gasteiger partial charge in [0.05, 0.1) is 12.5 Å². The lowest BCUT2D eigenvalue weighted by atomic mass is 10.4. The summed E-state index contributed by atoms with van der Waals surface area (Å²) in [6.45, 7) is 0.593. The highest BCUT2D eigenvalue weighted by Crippen LogP contribution is 2.29. The van der Waals surface area contributed by atoms with Crippen molar-refractivity contribution in [2.45, 2.75) is 12.8 Å². The zero-order valence-corrected chi connectivity index (χ0v) is 12.4. The normalized spacial score (nSPS) is 14.3. The van der Waals surface area contributed by atoms with Crippen LogP contribution in [0.3, 0.4) is 0 Å². The summed E-state index contributed by atoms with van der Waals surface area (Å²) in [5.74, 6) is 0.266. The lowest BCUT2D eigenvalue weighted by Gasteiger charge is -2.04. The van der Waals surface area contributed by atoms with E-state index in [1.54, 1.807) is 7.05 Å². The van der Waals surface area contributed by atoms with Gasteiger partial charge in [-0.3, -0.25) is 18.7 Å². The van der Waals surface area contributed by atoms with E-state index in [-0.39, 0.29) is 29.7 Å². The number of hydrogen-bond donors (Lipinski definition) is 2. The van der Waals surface area contributed by atoms with Crippen LogP contribution in [0.4, 0.5) is 5.95 Å². The summed E-state index contributed by atoms with van der Waals surface area (Å²) >= 11 is 0. The molecule has 9 nitrogen and oxygen atoms in total. The Hall–Kier alpha value is -2.58. The van der Waals surface area contributed by atoms with Crippen LogP contribution in [0.25, 0.3) is 11.2 Å². The van der Waals surface area contributed by atoms with Crippen molar-refractivity contribution in [3.63, 3.8) is 0 Å². The van der Waals surface area contributed by atoms with Gasteiger partial charge in [0, 0.05) is 14.1 Å². The Balaban J connectivity index is 1.71. The fourth-order valence-electron chi connectivity index (χ4n) is 2.17. The number of aryl methyl sites for hydroxylation is 1. The number of aromatic nitrogens is 4. The average molecular weight is 307 g/mol. The molecule has 1 fully saturated rings. The monoisotopic (exact) mass is 307 g/mol. The Morgan fingerprint density at radius 2 is 2.09 bits per heavy atom. The van der Waals surface area contributed by atoms with Crippen LogP contribution in [0, 0.1) is 5.92 Å². The number of anilines is 1. The van der Waals surface area contributed by atoms with Gasteiger partial charge < -0.3 is 15.0 Å². The van der Waals surface area contributed by atoms with Gasteiger partial charge in [-0.25, -0.2) is 4.79 Å². The van der Waals surface area contributed by atoms with Crippen molar-refractivity contribution in [1.29, 1.82) is 0 Å². The van der Waals surface area contributed by atoms with Gasteiger partial charge in [-0.15, -0.1) is 0 Å². The van der Waals surface area contributed by atoms with Gasteiger partial charge in [-0.1, -0.05) is 0 Å². The quantitative estimate of drug-likeness (QED) is 0.559. The van der Waals surface area contributed by atoms with E-state index in [0.717, 1.165) is 17.4 Å². The van der Waals surface area contributed by atoms with Gasteiger partial charge in [-0.2, -0.15) is 4.98 Å². The molecule has 0 atom stereocenters. The van der Waals surface area contributed by atoms with Gasteiger partial charge in [0.1, 0.15) is 6.61 Å². The molecule has 0 bridgehead atoms. The standard InChI is InChI=1S/C13H17N5O4/c1-17-9-8(10(19)18(2)13(17)21)15-12(16-9)14-5-6-22-11(20)7-3-4-7/h7H,3-6H2,1-2H3,(H2,14,15,16). The molecule has 2 aromatic rings. The van der Waals surface area contributed by atoms with Gasteiger partial charge in [-0.05, 0) is 12.8 Å². The summed E-state index contributed by atoms with van der Waals surface area (Å²) in [6.07, 6.45) is 1.82. The van der Waals surface area contributed by atoms with E-state index >= 15 is 0 Å². The maximum Gasteiger partial charge on any atom is 0.332 e. The highest BCUT2D eigenvalue weighted by molar-refractivity contribution is 5.75. The largest absolute Gasteiger partial charge is 0.464 e. The van der Waals surface area contributed by atoms with Crippen LogP contribution in [-0.2, 0) is 23.6 Å². The molecule has 3 rings (SSSR count). The molecule has 1 aliphatic rings. The van der Waals surface area contributed by atoms with Crippen molar-refractivity contribution in [3.05, 3.63) is 20.8 Å². The third-order valence-corrected chi connectivity index (χ3v) is 3.64. The zero-order chi connectivity index (χ0) is 15.9. The van der Waals surface area contributed by atoms with Crippen LogP contribution in [0.15, 0.2) is 9.59 Å². The van der Waals surface area contributed by atoms with Crippen LogP contribution >= 0.6 is 0 Å². The van der Waals surface area contributed by atoms with Crippen molar-refractivity contribution in [2.75, 3.05) is 18.5 Å². The van der Waals surface area contributed by atoms with E-state index in [2.05, 4.69) is 15.3 Å². The molecule has 22 heavy (non-hydrogen) atoms. The van der Waals surface area contributed by atoms with E-state index in [0.29, 0.717) is 12.5 Å². The number of fused-ring (bicyclic) bond motifs is 1. The van der Waals surface area contributed by atoms with Crippen LogP contribution in [-0.4, -0.2) is 38.2 Å². The van der Waals surface area contributed by atoms with Crippen LogP contribution in [0.2, 0.25) is 0 Å². The van der Waals surface area contributed by atoms with Gasteiger partial charge in [0.15, 0.2) is 11.2 Å². The molecule has 9 heteroatoms. The van der Waals surface area contributed by atoms with Crippen molar-refractivity contribution in [1.82, 2.24) is 19.1 Å². The minimum atomic E-state index is -0.436. The molecule has 0 aliphatic heterocycles. The molecule has 1 saturated carbocycles. The number of hydrogen-bond acceptors (Lipinski definition) is 6. The first-order valence-corrected chi connectivity index (χ1v) is 7.05. The van der Waals surface area contributed by atoms with E-state index in [1.807, 2.05) is 0 Å². The Labute approximate surface area is 124 Å². The van der Waals surface area contributed by atoms with Crippen LogP contribution < -0.4 is 16.6 Å². The smallest absolute Gasteiger partial charge is 0.332 e. The topological polar surface area (TPSA) is 111 Å². The van der Waals surface area contributed by atoms with E-state index in [4.69, 9.17) is 4.74 Å². The number of H-pyrrole nitrogens is 1. The van der Waals surface area contributed by atoms with Crippen molar-refractivity contribution >= 4 is 23.1 Å². The van der Waals surface area contributed by atoms with Crippen molar-refractivity contribution in [2.24, 2.45) is 20.0 Å². The minimum absolute atomic E-state index is 0.0729. The highest BCUT2D eigenvalue weighted by atomic mass is 16.5. The summed E-state index contributed by atoms with van der Waals surface area (Å²) < 4.78 is 7.40. The summed E-state index contributed by atoms with van der Waals surface area (Å²) in [4.78, 5) is 42.2. The predicted molar refractivity (Wildman–Crippen MR) is 78.7 cm³/mol. The van der Waals surface area contributed by atoms with Gasteiger partial charge >= 0.3 is 11.7 Å². The third kappa shape index (κ3) is 2.49. The number of carbonyl (C=O) groups excluding carboxylic acids is 1. The second kappa shape index (κ2) is 5.32. The molecule has 0 saturated heterocycles. The van der Waals surface area contributed by atoms with Gasteiger partial charge in [0.25, 0.3) is 5.56 Å². The van der Waals surface area contributed by atoms with Crippen molar-refractivity contribution in [3.8, 4) is 0 Å². The molecule has 0 amide bonds. The maximum absolute atomic E-state index is 12.0. The fraction of sp³-hybridized carbons (Fsp3) is 0.538. The molecule has 2 heterocycles.